The maximum absolute atomic E-state index is 13.7. The number of hydrogen-bond donors (Lipinski definition) is 0. The van der Waals surface area contributed by atoms with Gasteiger partial charge in [-0.25, -0.2) is 4.52 Å². The molecule has 5 rings (SSSR count). The van der Waals surface area contributed by atoms with Crippen LogP contribution in [0.3, 0.4) is 0 Å². The first-order chi connectivity index (χ1) is 14.7. The number of pyridine rings is 1. The van der Waals surface area contributed by atoms with Gasteiger partial charge in [0.05, 0.1) is 29.7 Å². The van der Waals surface area contributed by atoms with Gasteiger partial charge in [0.25, 0.3) is 5.91 Å². The number of hydrogen-bond acceptors (Lipinski definition) is 5. The number of nitrogens with zero attached hydrogens (tertiary/aromatic N) is 6. The van der Waals surface area contributed by atoms with Crippen LogP contribution >= 0.6 is 11.6 Å². The van der Waals surface area contributed by atoms with Crippen molar-refractivity contribution in [2.75, 3.05) is 32.7 Å². The molecule has 2 amide bonds. The number of piperazine rings is 1. The van der Waals surface area contributed by atoms with E-state index >= 15 is 0 Å². The number of azo groups is 1. The summed E-state index contributed by atoms with van der Waals surface area (Å²) in [6.45, 7) is 1.19. The molecule has 1 saturated heterocycles. The molecule has 3 aliphatic rings. The Labute approximate surface area is 179 Å². The van der Waals surface area contributed by atoms with Crippen LogP contribution in [-0.2, 0) is 11.0 Å². The van der Waals surface area contributed by atoms with Crippen LogP contribution in [0.2, 0.25) is 5.02 Å². The van der Waals surface area contributed by atoms with E-state index in [0.29, 0.717) is 29.7 Å². The largest absolute Gasteiger partial charge is 0.433 e. The number of amides is 2. The molecule has 1 saturated carbocycles. The van der Waals surface area contributed by atoms with Gasteiger partial charge in [0.2, 0.25) is 5.91 Å². The van der Waals surface area contributed by atoms with Crippen LogP contribution in [0.5, 0.6) is 0 Å². The Morgan fingerprint density at radius 3 is 2.45 bits per heavy atom. The third-order valence-electron chi connectivity index (χ3n) is 5.91. The average molecular weight is 455 g/mol. The molecule has 164 valence electrons. The lowest BCUT2D eigenvalue weighted by Gasteiger charge is -2.36. The standard InChI is InChI=1S/C19H18ClF3N6O2/c20-16-13-5-11(10-1-2-10)6-14(19(21,22)23)29(13)26-17(16)18(31)27-3-4-28(15(30)9-27)12-7-24-25-8-12/h5-6,10,12H,1-4,7-9H2. The molecule has 0 aromatic carbocycles. The summed E-state index contributed by atoms with van der Waals surface area (Å²) in [6.07, 6.45) is -3.02. The van der Waals surface area contributed by atoms with Gasteiger partial charge >= 0.3 is 6.18 Å². The Balaban J connectivity index is 1.45. The minimum Gasteiger partial charge on any atom is -0.333 e. The van der Waals surface area contributed by atoms with Gasteiger partial charge in [0.1, 0.15) is 12.2 Å². The van der Waals surface area contributed by atoms with E-state index in [1.165, 1.54) is 4.90 Å². The van der Waals surface area contributed by atoms with Crippen LogP contribution in [0.4, 0.5) is 13.2 Å². The number of fused-ring (bicyclic) bond motifs is 1. The van der Waals surface area contributed by atoms with E-state index in [0.717, 1.165) is 18.9 Å². The SMILES string of the molecule is O=C(c1nn2c(C(F)(F)F)cc(C3CC3)cc2c1Cl)N1CCN(C2CN=NC2)C(=O)C1. The topological polar surface area (TPSA) is 82.6 Å². The second-order valence-electron chi connectivity index (χ2n) is 8.02. The molecule has 1 aliphatic carbocycles. The summed E-state index contributed by atoms with van der Waals surface area (Å²) in [5.74, 6) is -0.858. The average Bonchev–Trinajstić information content (AvgIpc) is 3.33. The Morgan fingerprint density at radius 2 is 1.84 bits per heavy atom. The van der Waals surface area contributed by atoms with E-state index in [1.807, 2.05) is 0 Å². The zero-order valence-electron chi connectivity index (χ0n) is 16.3. The summed E-state index contributed by atoms with van der Waals surface area (Å²) in [4.78, 5) is 28.5. The maximum atomic E-state index is 13.7. The molecule has 2 aromatic heterocycles. The van der Waals surface area contributed by atoms with Crippen molar-refractivity contribution < 1.29 is 22.8 Å². The van der Waals surface area contributed by atoms with Gasteiger partial charge in [-0.05, 0) is 36.5 Å². The fourth-order valence-electron chi connectivity index (χ4n) is 4.08. The van der Waals surface area contributed by atoms with Crippen LogP contribution in [0.25, 0.3) is 5.52 Å². The highest BCUT2D eigenvalue weighted by Gasteiger charge is 2.39. The predicted octanol–water partition coefficient (Wildman–Crippen LogP) is 3.00. The molecule has 2 aromatic rings. The summed E-state index contributed by atoms with van der Waals surface area (Å²) in [7, 11) is 0. The molecule has 31 heavy (non-hydrogen) atoms. The molecule has 4 heterocycles. The molecule has 0 bridgehead atoms. The zero-order chi connectivity index (χ0) is 21.9. The lowest BCUT2D eigenvalue weighted by atomic mass is 10.1. The summed E-state index contributed by atoms with van der Waals surface area (Å²) in [5.41, 5.74) is -0.674. The predicted molar refractivity (Wildman–Crippen MR) is 103 cm³/mol. The lowest BCUT2D eigenvalue weighted by Crippen LogP contribution is -2.56. The van der Waals surface area contributed by atoms with Gasteiger partial charge in [-0.2, -0.15) is 28.5 Å². The van der Waals surface area contributed by atoms with Crippen molar-refractivity contribution in [2.45, 2.75) is 31.0 Å². The summed E-state index contributed by atoms with van der Waals surface area (Å²) < 4.78 is 41.6. The first-order valence-corrected chi connectivity index (χ1v) is 10.3. The number of alkyl halides is 3. The summed E-state index contributed by atoms with van der Waals surface area (Å²) >= 11 is 6.34. The van der Waals surface area contributed by atoms with E-state index in [2.05, 4.69) is 15.3 Å². The van der Waals surface area contributed by atoms with Crippen LogP contribution in [-0.4, -0.2) is 70.0 Å². The first kappa shape index (κ1) is 20.2. The quantitative estimate of drug-likeness (QED) is 0.714. The van der Waals surface area contributed by atoms with Crippen molar-refractivity contribution in [1.29, 1.82) is 0 Å². The van der Waals surface area contributed by atoms with E-state index < -0.39 is 17.8 Å². The summed E-state index contributed by atoms with van der Waals surface area (Å²) in [5, 5.41) is 11.6. The molecular formula is C19H18ClF3N6O2. The van der Waals surface area contributed by atoms with Crippen molar-refractivity contribution in [3.05, 3.63) is 34.1 Å². The number of carbonyl (C=O) groups excluding carboxylic acids is 2. The normalized spacial score (nSPS) is 20.3. The Hall–Kier alpha value is -2.69. The molecule has 0 N–H and O–H groups in total. The molecule has 0 radical (unpaired) electrons. The van der Waals surface area contributed by atoms with Gasteiger partial charge < -0.3 is 9.80 Å². The van der Waals surface area contributed by atoms with Crippen molar-refractivity contribution in [3.8, 4) is 0 Å². The molecule has 0 atom stereocenters. The van der Waals surface area contributed by atoms with Gasteiger partial charge in [-0.3, -0.25) is 9.59 Å². The van der Waals surface area contributed by atoms with Gasteiger partial charge in [-0.15, -0.1) is 0 Å². The Bertz CT molecular complexity index is 1100. The van der Waals surface area contributed by atoms with Gasteiger partial charge in [0.15, 0.2) is 5.69 Å². The van der Waals surface area contributed by atoms with Crippen LogP contribution in [0.1, 0.15) is 40.5 Å². The minimum absolute atomic E-state index is 0.0425. The number of carbonyl (C=O) groups is 2. The highest BCUT2D eigenvalue weighted by molar-refractivity contribution is 6.36. The highest BCUT2D eigenvalue weighted by atomic mass is 35.5. The van der Waals surface area contributed by atoms with Crippen LogP contribution in [0.15, 0.2) is 22.4 Å². The molecule has 2 fully saturated rings. The van der Waals surface area contributed by atoms with Gasteiger partial charge in [-0.1, -0.05) is 11.6 Å². The maximum Gasteiger partial charge on any atom is 0.433 e. The van der Waals surface area contributed by atoms with E-state index in [9.17, 15) is 22.8 Å². The number of rotatable bonds is 3. The Kier molecular flexibility index (Phi) is 4.68. The second-order valence-corrected chi connectivity index (χ2v) is 8.40. The van der Waals surface area contributed by atoms with Crippen molar-refractivity contribution >= 4 is 28.9 Å². The monoisotopic (exact) mass is 454 g/mol. The third-order valence-corrected chi connectivity index (χ3v) is 6.28. The third kappa shape index (κ3) is 3.54. The molecule has 8 nitrogen and oxygen atoms in total. The van der Waals surface area contributed by atoms with Crippen molar-refractivity contribution in [1.82, 2.24) is 19.4 Å². The zero-order valence-corrected chi connectivity index (χ0v) is 17.0. The highest BCUT2D eigenvalue weighted by Crippen LogP contribution is 2.43. The first-order valence-electron chi connectivity index (χ1n) is 9.95. The van der Waals surface area contributed by atoms with Gasteiger partial charge in [0, 0.05) is 13.1 Å². The van der Waals surface area contributed by atoms with Crippen molar-refractivity contribution in [3.63, 3.8) is 0 Å². The van der Waals surface area contributed by atoms with Crippen LogP contribution < -0.4 is 0 Å². The smallest absolute Gasteiger partial charge is 0.333 e. The summed E-state index contributed by atoms with van der Waals surface area (Å²) in [6, 6.07) is 2.52. The fourth-order valence-corrected chi connectivity index (χ4v) is 4.34. The minimum atomic E-state index is -4.65. The van der Waals surface area contributed by atoms with Crippen LogP contribution in [0, 0.1) is 0 Å². The van der Waals surface area contributed by atoms with E-state index in [4.69, 9.17) is 11.6 Å². The number of halogens is 4. The number of aromatic nitrogens is 2. The van der Waals surface area contributed by atoms with E-state index in [1.54, 1.807) is 11.0 Å². The Morgan fingerprint density at radius 1 is 1.13 bits per heavy atom. The molecule has 12 heteroatoms. The van der Waals surface area contributed by atoms with E-state index in [-0.39, 0.29) is 47.2 Å². The molecular weight excluding hydrogens is 437 g/mol. The molecule has 0 spiro atoms. The second kappa shape index (κ2) is 7.18. The molecule has 2 aliphatic heterocycles. The fraction of sp³-hybridized carbons (Fsp3) is 0.526. The van der Waals surface area contributed by atoms with Crippen molar-refractivity contribution in [2.24, 2.45) is 10.2 Å². The molecule has 0 unspecified atom stereocenters. The lowest BCUT2D eigenvalue weighted by molar-refractivity contribution is -0.142.